The fraction of sp³-hybridized carbons (Fsp3) is 0.522. The van der Waals surface area contributed by atoms with Gasteiger partial charge in [0.25, 0.3) is 0 Å². The largest absolute Gasteiger partial charge is 0.341 e. The quantitative estimate of drug-likeness (QED) is 0.624. The van der Waals surface area contributed by atoms with Crippen LogP contribution in [0.25, 0.3) is 0 Å². The second-order valence-electron chi connectivity index (χ2n) is 9.04. The average molecular weight is 526 g/mol. The molecule has 12 heteroatoms. The molecule has 2 aromatic rings. The summed E-state index contributed by atoms with van der Waals surface area (Å²) in [6.07, 6.45) is 2.65. The van der Waals surface area contributed by atoms with E-state index in [0.29, 0.717) is 29.9 Å². The van der Waals surface area contributed by atoms with Gasteiger partial charge >= 0.3 is 0 Å². The highest BCUT2D eigenvalue weighted by Gasteiger charge is 2.36. The van der Waals surface area contributed by atoms with Gasteiger partial charge in [0.05, 0.1) is 16.4 Å². The van der Waals surface area contributed by atoms with Gasteiger partial charge in [-0.1, -0.05) is 11.6 Å². The molecule has 2 saturated heterocycles. The summed E-state index contributed by atoms with van der Waals surface area (Å²) >= 11 is 5.77. The summed E-state index contributed by atoms with van der Waals surface area (Å²) < 4.78 is 43.1. The van der Waals surface area contributed by atoms with Gasteiger partial charge in [-0.2, -0.15) is 9.40 Å². The van der Waals surface area contributed by atoms with Crippen LogP contribution >= 0.6 is 11.6 Å². The van der Waals surface area contributed by atoms with E-state index in [0.717, 1.165) is 25.9 Å². The van der Waals surface area contributed by atoms with Crippen LogP contribution < -0.4 is 5.32 Å². The number of benzene rings is 1. The van der Waals surface area contributed by atoms with Crippen LogP contribution in [-0.2, 0) is 26.2 Å². The molecule has 0 spiro atoms. The van der Waals surface area contributed by atoms with Gasteiger partial charge in [-0.3, -0.25) is 14.3 Å². The molecule has 2 fully saturated rings. The van der Waals surface area contributed by atoms with E-state index in [9.17, 15) is 22.4 Å². The van der Waals surface area contributed by atoms with E-state index in [-0.39, 0.29) is 47.3 Å². The third-order valence-electron chi connectivity index (χ3n) is 6.67. The van der Waals surface area contributed by atoms with Gasteiger partial charge in [-0.05, 0) is 57.7 Å². The summed E-state index contributed by atoms with van der Waals surface area (Å²) in [6, 6.07) is 3.94. The van der Waals surface area contributed by atoms with Crippen molar-refractivity contribution in [3.8, 4) is 0 Å². The van der Waals surface area contributed by atoms with E-state index in [2.05, 4.69) is 10.4 Å². The lowest BCUT2D eigenvalue weighted by atomic mass is 9.97. The minimum Gasteiger partial charge on any atom is -0.341 e. The molecule has 35 heavy (non-hydrogen) atoms. The number of piperidine rings is 1. The Labute approximate surface area is 209 Å². The first kappa shape index (κ1) is 25.6. The molecule has 2 aliphatic rings. The van der Waals surface area contributed by atoms with E-state index in [4.69, 9.17) is 11.6 Å². The first-order valence-electron chi connectivity index (χ1n) is 11.7. The number of aromatic nitrogens is 2. The third-order valence-corrected chi connectivity index (χ3v) is 9.11. The zero-order chi connectivity index (χ0) is 25.3. The Morgan fingerprint density at radius 2 is 1.80 bits per heavy atom. The monoisotopic (exact) mass is 525 g/mol. The molecule has 0 saturated carbocycles. The summed E-state index contributed by atoms with van der Waals surface area (Å²) in [5, 5.41) is 6.98. The summed E-state index contributed by atoms with van der Waals surface area (Å²) in [5.41, 5.74) is 1.17. The maximum atomic E-state index is 13.4. The molecule has 2 aliphatic heterocycles. The Morgan fingerprint density at radius 3 is 2.43 bits per heavy atom. The first-order chi connectivity index (χ1) is 16.6. The Morgan fingerprint density at radius 1 is 1.14 bits per heavy atom. The second-order valence-corrected chi connectivity index (χ2v) is 11.3. The van der Waals surface area contributed by atoms with Gasteiger partial charge in [0.1, 0.15) is 17.3 Å². The minimum atomic E-state index is -3.84. The van der Waals surface area contributed by atoms with Gasteiger partial charge in [0.15, 0.2) is 0 Å². The maximum Gasteiger partial charge on any atom is 0.246 e. The number of amides is 2. The Balaban J connectivity index is 1.41. The van der Waals surface area contributed by atoms with Crippen LogP contribution in [0, 0.1) is 25.6 Å². The molecule has 0 atom stereocenters. The van der Waals surface area contributed by atoms with E-state index in [1.54, 1.807) is 18.7 Å². The fourth-order valence-corrected chi connectivity index (χ4v) is 6.73. The van der Waals surface area contributed by atoms with Crippen LogP contribution in [0.4, 0.5) is 10.1 Å². The Bertz CT molecular complexity index is 1230. The number of nitrogens with one attached hydrogen (secondary N) is 1. The SMILES string of the molecule is Cc1nn(CC(=O)N2CCCC2)c(C)c1S(=O)(=O)N1CCC(C(=O)Nc2ccc(F)c(Cl)c2)CC1. The molecule has 0 bridgehead atoms. The van der Waals surface area contributed by atoms with Crippen molar-refractivity contribution in [2.24, 2.45) is 5.92 Å². The molecule has 3 heterocycles. The third kappa shape index (κ3) is 5.36. The molecule has 2 amide bonds. The van der Waals surface area contributed by atoms with Crippen molar-refractivity contribution in [2.45, 2.75) is 51.0 Å². The number of aryl methyl sites for hydroxylation is 1. The fourth-order valence-electron chi connectivity index (χ4n) is 4.71. The van der Waals surface area contributed by atoms with Crippen molar-refractivity contribution in [1.82, 2.24) is 19.0 Å². The number of hydrogen-bond acceptors (Lipinski definition) is 5. The average Bonchev–Trinajstić information content (AvgIpc) is 3.45. The molecule has 190 valence electrons. The lowest BCUT2D eigenvalue weighted by Crippen LogP contribution is -2.41. The number of carbonyl (C=O) groups is 2. The number of likely N-dealkylation sites (tertiary alicyclic amines) is 1. The summed E-state index contributed by atoms with van der Waals surface area (Å²) in [6.45, 7) is 5.11. The molecular weight excluding hydrogens is 497 g/mol. The number of sulfonamides is 1. The van der Waals surface area contributed by atoms with Crippen molar-refractivity contribution in [1.29, 1.82) is 0 Å². The van der Waals surface area contributed by atoms with Gasteiger partial charge < -0.3 is 10.2 Å². The maximum absolute atomic E-state index is 13.4. The van der Waals surface area contributed by atoms with Crippen LogP contribution in [0.2, 0.25) is 5.02 Å². The number of carbonyl (C=O) groups excluding carboxylic acids is 2. The number of anilines is 1. The number of rotatable bonds is 6. The molecule has 9 nitrogen and oxygen atoms in total. The van der Waals surface area contributed by atoms with E-state index in [1.165, 1.54) is 27.2 Å². The first-order valence-corrected chi connectivity index (χ1v) is 13.5. The standard InChI is InChI=1S/C23H29ClFN5O4S/c1-15-22(16(2)30(27-15)14-21(31)28-9-3-4-10-28)35(33,34)29-11-7-17(8-12-29)23(32)26-18-5-6-20(25)19(24)13-18/h5-6,13,17H,3-4,7-12,14H2,1-2H3,(H,26,32). The predicted octanol–water partition coefficient (Wildman–Crippen LogP) is 2.95. The topological polar surface area (TPSA) is 105 Å². The molecule has 0 unspecified atom stereocenters. The Hall–Kier alpha value is -2.50. The van der Waals surface area contributed by atoms with Gasteiger partial charge in [-0.25, -0.2) is 12.8 Å². The molecule has 0 radical (unpaired) electrons. The summed E-state index contributed by atoms with van der Waals surface area (Å²) in [7, 11) is -3.84. The number of halogens is 2. The molecule has 1 aromatic carbocycles. The highest BCUT2D eigenvalue weighted by molar-refractivity contribution is 7.89. The van der Waals surface area contributed by atoms with Crippen molar-refractivity contribution < 1.29 is 22.4 Å². The smallest absolute Gasteiger partial charge is 0.246 e. The van der Waals surface area contributed by atoms with E-state index < -0.39 is 15.8 Å². The molecule has 1 aromatic heterocycles. The minimum absolute atomic E-state index is 0.0117. The Kier molecular flexibility index (Phi) is 7.48. The molecule has 0 aliphatic carbocycles. The van der Waals surface area contributed by atoms with Crippen LogP contribution in [0.1, 0.15) is 37.1 Å². The van der Waals surface area contributed by atoms with Crippen LogP contribution in [-0.4, -0.2) is 65.4 Å². The zero-order valence-electron chi connectivity index (χ0n) is 19.8. The summed E-state index contributed by atoms with van der Waals surface area (Å²) in [5.74, 6) is -1.28. The lowest BCUT2D eigenvalue weighted by molar-refractivity contribution is -0.131. The van der Waals surface area contributed by atoms with E-state index >= 15 is 0 Å². The van der Waals surface area contributed by atoms with Crippen LogP contribution in [0.3, 0.4) is 0 Å². The number of nitrogens with zero attached hydrogens (tertiary/aromatic N) is 4. The summed E-state index contributed by atoms with van der Waals surface area (Å²) in [4.78, 5) is 27.1. The van der Waals surface area contributed by atoms with Gasteiger partial charge in [-0.15, -0.1) is 0 Å². The van der Waals surface area contributed by atoms with Crippen molar-refractivity contribution in [3.63, 3.8) is 0 Å². The molecule has 1 N–H and O–H groups in total. The van der Waals surface area contributed by atoms with Gasteiger partial charge in [0.2, 0.25) is 21.8 Å². The predicted molar refractivity (Wildman–Crippen MR) is 129 cm³/mol. The normalized spacial score (nSPS) is 17.7. The molecule has 4 rings (SSSR count). The van der Waals surface area contributed by atoms with Gasteiger partial charge in [0, 0.05) is 37.8 Å². The van der Waals surface area contributed by atoms with E-state index in [1.807, 2.05) is 0 Å². The van der Waals surface area contributed by atoms with Crippen LogP contribution in [0.5, 0.6) is 0 Å². The number of hydrogen-bond donors (Lipinski definition) is 1. The van der Waals surface area contributed by atoms with Crippen LogP contribution in [0.15, 0.2) is 23.1 Å². The van der Waals surface area contributed by atoms with Crippen molar-refractivity contribution in [3.05, 3.63) is 40.4 Å². The van der Waals surface area contributed by atoms with Crippen molar-refractivity contribution >= 4 is 39.1 Å². The lowest BCUT2D eigenvalue weighted by Gasteiger charge is -2.30. The zero-order valence-corrected chi connectivity index (χ0v) is 21.3. The second kappa shape index (κ2) is 10.2. The molecular formula is C23H29ClFN5O4S. The highest BCUT2D eigenvalue weighted by atomic mass is 35.5. The van der Waals surface area contributed by atoms with Crippen molar-refractivity contribution in [2.75, 3.05) is 31.5 Å². The highest BCUT2D eigenvalue weighted by Crippen LogP contribution is 2.29.